The van der Waals surface area contributed by atoms with Gasteiger partial charge in [0, 0.05) is 29.7 Å². The highest BCUT2D eigenvalue weighted by Gasteiger charge is 2.23. The number of nitrogens with zero attached hydrogens (tertiary/aromatic N) is 3. The third kappa shape index (κ3) is 2.23. The van der Waals surface area contributed by atoms with Crippen molar-refractivity contribution in [1.29, 1.82) is 5.26 Å². The van der Waals surface area contributed by atoms with Crippen molar-refractivity contribution in [1.82, 2.24) is 9.47 Å². The van der Waals surface area contributed by atoms with E-state index < -0.39 is 0 Å². The molecule has 1 unspecified atom stereocenters. The molecule has 114 valence electrons. The third-order valence-electron chi connectivity index (χ3n) is 4.88. The van der Waals surface area contributed by atoms with Crippen LogP contribution in [0.5, 0.6) is 0 Å². The van der Waals surface area contributed by atoms with Gasteiger partial charge in [0.2, 0.25) is 0 Å². The number of para-hydroxylation sites is 1. The molecule has 1 atom stereocenters. The standard InChI is InChI=1S/C20H19N3/c1-22(2)17-10-16-7-4-8-18-19(13-23(12-17)20(16)18)15-6-3-5-14(9-15)11-21/h3-9,13,17H,10,12H2,1-2H3. The molecule has 0 aliphatic carbocycles. The molecule has 2 heterocycles. The van der Waals surface area contributed by atoms with E-state index in [1.54, 1.807) is 0 Å². The largest absolute Gasteiger partial charge is 0.345 e. The minimum Gasteiger partial charge on any atom is -0.345 e. The molecule has 0 saturated heterocycles. The fourth-order valence-corrected chi connectivity index (χ4v) is 3.62. The molecule has 0 fully saturated rings. The number of benzene rings is 2. The fraction of sp³-hybridized carbons (Fsp3) is 0.250. The van der Waals surface area contributed by atoms with E-state index in [0.717, 1.165) is 18.5 Å². The third-order valence-corrected chi connectivity index (χ3v) is 4.88. The second-order valence-corrected chi connectivity index (χ2v) is 6.52. The van der Waals surface area contributed by atoms with Gasteiger partial charge in [-0.15, -0.1) is 0 Å². The molecular weight excluding hydrogens is 282 g/mol. The predicted molar refractivity (Wildman–Crippen MR) is 93.3 cm³/mol. The van der Waals surface area contributed by atoms with Crippen LogP contribution in [0.25, 0.3) is 22.0 Å². The lowest BCUT2D eigenvalue weighted by Crippen LogP contribution is -2.36. The molecule has 0 N–H and O–H groups in total. The Hall–Kier alpha value is -2.57. The van der Waals surface area contributed by atoms with Gasteiger partial charge in [-0.1, -0.05) is 30.3 Å². The fourth-order valence-electron chi connectivity index (χ4n) is 3.62. The molecule has 3 aromatic rings. The quantitative estimate of drug-likeness (QED) is 0.723. The van der Waals surface area contributed by atoms with E-state index in [2.05, 4.69) is 60.1 Å². The van der Waals surface area contributed by atoms with Gasteiger partial charge in [-0.05, 0) is 43.8 Å². The van der Waals surface area contributed by atoms with Gasteiger partial charge in [0.15, 0.2) is 0 Å². The van der Waals surface area contributed by atoms with Gasteiger partial charge in [0.05, 0.1) is 17.1 Å². The topological polar surface area (TPSA) is 32.0 Å². The van der Waals surface area contributed by atoms with Crippen LogP contribution < -0.4 is 0 Å². The van der Waals surface area contributed by atoms with Crippen LogP contribution in [0, 0.1) is 11.3 Å². The Balaban J connectivity index is 1.92. The summed E-state index contributed by atoms with van der Waals surface area (Å²) in [5.41, 5.74) is 5.81. The molecule has 1 aliphatic heterocycles. The van der Waals surface area contributed by atoms with Gasteiger partial charge >= 0.3 is 0 Å². The van der Waals surface area contributed by atoms with Crippen LogP contribution in [-0.2, 0) is 13.0 Å². The first-order chi connectivity index (χ1) is 11.2. The Kier molecular flexibility index (Phi) is 3.21. The highest BCUT2D eigenvalue weighted by molar-refractivity contribution is 5.98. The Morgan fingerprint density at radius 2 is 2.00 bits per heavy atom. The summed E-state index contributed by atoms with van der Waals surface area (Å²) in [5.74, 6) is 0. The lowest BCUT2D eigenvalue weighted by atomic mass is 9.97. The average molecular weight is 301 g/mol. The van der Waals surface area contributed by atoms with E-state index >= 15 is 0 Å². The summed E-state index contributed by atoms with van der Waals surface area (Å²) in [6, 6.07) is 17.2. The van der Waals surface area contributed by atoms with Gasteiger partial charge in [0.1, 0.15) is 0 Å². The van der Waals surface area contributed by atoms with Gasteiger partial charge in [0.25, 0.3) is 0 Å². The van der Waals surface area contributed by atoms with Crippen molar-refractivity contribution in [2.24, 2.45) is 0 Å². The molecular formula is C20H19N3. The van der Waals surface area contributed by atoms with E-state index in [-0.39, 0.29) is 0 Å². The van der Waals surface area contributed by atoms with Crippen molar-refractivity contribution in [3.63, 3.8) is 0 Å². The van der Waals surface area contributed by atoms with Gasteiger partial charge in [-0.2, -0.15) is 5.26 Å². The molecule has 3 nitrogen and oxygen atoms in total. The normalized spacial score (nSPS) is 16.7. The molecule has 1 aromatic heterocycles. The van der Waals surface area contributed by atoms with Crippen molar-refractivity contribution in [2.75, 3.05) is 14.1 Å². The molecule has 23 heavy (non-hydrogen) atoms. The number of hydrogen-bond acceptors (Lipinski definition) is 2. The minimum absolute atomic E-state index is 0.527. The summed E-state index contributed by atoms with van der Waals surface area (Å²) < 4.78 is 2.38. The second-order valence-electron chi connectivity index (χ2n) is 6.52. The van der Waals surface area contributed by atoms with Gasteiger partial charge in [-0.3, -0.25) is 0 Å². The summed E-state index contributed by atoms with van der Waals surface area (Å²) in [7, 11) is 4.30. The number of likely N-dealkylation sites (N-methyl/N-ethyl adjacent to an activating group) is 1. The molecule has 0 spiro atoms. The Bertz CT molecular complexity index is 928. The zero-order valence-corrected chi connectivity index (χ0v) is 13.5. The first-order valence-corrected chi connectivity index (χ1v) is 7.95. The molecule has 0 bridgehead atoms. The van der Waals surface area contributed by atoms with Crippen LogP contribution in [0.2, 0.25) is 0 Å². The zero-order chi connectivity index (χ0) is 16.0. The Morgan fingerprint density at radius 3 is 2.78 bits per heavy atom. The molecule has 1 aliphatic rings. The molecule has 4 rings (SSSR count). The lowest BCUT2D eigenvalue weighted by molar-refractivity contribution is 0.258. The summed E-state index contributed by atoms with van der Waals surface area (Å²) in [5, 5.41) is 10.4. The Morgan fingerprint density at radius 1 is 1.17 bits per heavy atom. The summed E-state index contributed by atoms with van der Waals surface area (Å²) >= 11 is 0. The van der Waals surface area contributed by atoms with E-state index in [1.807, 2.05) is 18.2 Å². The maximum absolute atomic E-state index is 9.16. The highest BCUT2D eigenvalue weighted by Crippen LogP contribution is 2.36. The summed E-state index contributed by atoms with van der Waals surface area (Å²) in [6.07, 6.45) is 3.34. The monoisotopic (exact) mass is 301 g/mol. The maximum atomic E-state index is 9.16. The smallest absolute Gasteiger partial charge is 0.0991 e. The van der Waals surface area contributed by atoms with Crippen LogP contribution in [-0.4, -0.2) is 29.6 Å². The number of aromatic nitrogens is 1. The first kappa shape index (κ1) is 14.0. The maximum Gasteiger partial charge on any atom is 0.0991 e. The average Bonchev–Trinajstić information content (AvgIpc) is 2.95. The van der Waals surface area contributed by atoms with Crippen molar-refractivity contribution >= 4 is 10.9 Å². The molecule has 3 heteroatoms. The van der Waals surface area contributed by atoms with Crippen molar-refractivity contribution in [3.8, 4) is 17.2 Å². The number of rotatable bonds is 2. The van der Waals surface area contributed by atoms with Crippen LogP contribution >= 0.6 is 0 Å². The first-order valence-electron chi connectivity index (χ1n) is 7.95. The van der Waals surface area contributed by atoms with E-state index in [1.165, 1.54) is 22.0 Å². The summed E-state index contributed by atoms with van der Waals surface area (Å²) in [6.45, 7) is 1.01. The summed E-state index contributed by atoms with van der Waals surface area (Å²) in [4.78, 5) is 2.30. The van der Waals surface area contributed by atoms with E-state index in [0.29, 0.717) is 11.6 Å². The number of hydrogen-bond donors (Lipinski definition) is 0. The van der Waals surface area contributed by atoms with E-state index in [9.17, 15) is 0 Å². The lowest BCUT2D eigenvalue weighted by Gasteiger charge is -2.29. The van der Waals surface area contributed by atoms with Crippen LogP contribution in [0.4, 0.5) is 0 Å². The van der Waals surface area contributed by atoms with Crippen LogP contribution in [0.1, 0.15) is 11.1 Å². The van der Waals surface area contributed by atoms with E-state index in [4.69, 9.17) is 5.26 Å². The van der Waals surface area contributed by atoms with Gasteiger partial charge < -0.3 is 9.47 Å². The minimum atomic E-state index is 0.527. The number of nitriles is 1. The zero-order valence-electron chi connectivity index (χ0n) is 13.5. The van der Waals surface area contributed by atoms with Crippen molar-refractivity contribution in [3.05, 3.63) is 59.8 Å². The Labute approximate surface area is 136 Å². The molecule has 0 amide bonds. The SMILES string of the molecule is CN(C)C1Cc2cccc3c(-c4cccc(C#N)c4)cn(c23)C1. The predicted octanol–water partition coefficient (Wildman–Crippen LogP) is 3.67. The van der Waals surface area contributed by atoms with Crippen molar-refractivity contribution in [2.45, 2.75) is 19.0 Å². The van der Waals surface area contributed by atoms with Crippen LogP contribution in [0.15, 0.2) is 48.7 Å². The highest BCUT2D eigenvalue weighted by atomic mass is 15.1. The molecule has 2 aromatic carbocycles. The van der Waals surface area contributed by atoms with Gasteiger partial charge in [-0.25, -0.2) is 0 Å². The molecule has 0 radical (unpaired) electrons. The second kappa shape index (κ2) is 5.26. The molecule has 0 saturated carbocycles. The van der Waals surface area contributed by atoms with Crippen molar-refractivity contribution < 1.29 is 0 Å². The van der Waals surface area contributed by atoms with Crippen LogP contribution in [0.3, 0.4) is 0 Å².